The number of carbonyl (C=O) groups excluding carboxylic acids is 1. The highest BCUT2D eigenvalue weighted by atomic mass is 16.5. The number of carbonyl (C=O) groups is 1. The topological polar surface area (TPSA) is 26.3 Å². The lowest BCUT2D eigenvalue weighted by molar-refractivity contribution is 0.101. The van der Waals surface area contributed by atoms with Gasteiger partial charge in [0.2, 0.25) is 0 Å². The van der Waals surface area contributed by atoms with Gasteiger partial charge in [-0.25, -0.2) is 0 Å². The zero-order valence-electron chi connectivity index (χ0n) is 8.54. The predicted molar refractivity (Wildman–Crippen MR) is 56.5 cm³/mol. The summed E-state index contributed by atoms with van der Waals surface area (Å²) in [6.45, 7) is 5.88. The minimum Gasteiger partial charge on any atom is -0.380 e. The molecule has 0 saturated carbocycles. The fourth-order valence-corrected chi connectivity index (χ4v) is 1.26. The average Bonchev–Trinajstić information content (AvgIpc) is 2.18. The molecular weight excluding hydrogens is 176 g/mol. The van der Waals surface area contributed by atoms with Crippen molar-refractivity contribution in [1.82, 2.24) is 0 Å². The van der Waals surface area contributed by atoms with Crippen molar-refractivity contribution in [2.24, 2.45) is 0 Å². The van der Waals surface area contributed by atoms with Gasteiger partial charge in [0.1, 0.15) is 0 Å². The fraction of sp³-hybridized carbons (Fsp3) is 0.250. The Morgan fingerprint density at radius 3 is 2.64 bits per heavy atom. The second kappa shape index (κ2) is 4.72. The van der Waals surface area contributed by atoms with Crippen LogP contribution in [0, 0.1) is 6.92 Å². The maximum absolute atomic E-state index is 11.8. The Morgan fingerprint density at radius 2 is 2.07 bits per heavy atom. The first kappa shape index (κ1) is 10.7. The molecule has 0 radical (unpaired) electrons. The van der Waals surface area contributed by atoms with E-state index in [1.807, 2.05) is 25.1 Å². The van der Waals surface area contributed by atoms with Gasteiger partial charge in [0.15, 0.2) is 5.78 Å². The maximum Gasteiger partial charge on any atom is 0.191 e. The molecule has 0 heterocycles. The first-order valence-corrected chi connectivity index (χ1v) is 4.44. The highest BCUT2D eigenvalue weighted by Crippen LogP contribution is 2.11. The van der Waals surface area contributed by atoms with Crippen LogP contribution in [0.1, 0.15) is 15.9 Å². The molecule has 14 heavy (non-hydrogen) atoms. The summed E-state index contributed by atoms with van der Waals surface area (Å²) < 4.78 is 4.87. The van der Waals surface area contributed by atoms with Crippen LogP contribution in [-0.2, 0) is 4.74 Å². The first-order chi connectivity index (χ1) is 6.66. The van der Waals surface area contributed by atoms with Crippen LogP contribution in [0.3, 0.4) is 0 Å². The zero-order chi connectivity index (χ0) is 10.6. The van der Waals surface area contributed by atoms with Crippen LogP contribution in [0.5, 0.6) is 0 Å². The maximum atomic E-state index is 11.8. The average molecular weight is 190 g/mol. The molecule has 1 aromatic carbocycles. The van der Waals surface area contributed by atoms with E-state index in [0.29, 0.717) is 11.1 Å². The third kappa shape index (κ3) is 2.30. The Balaban J connectivity index is 2.90. The monoisotopic (exact) mass is 190 g/mol. The highest BCUT2D eigenvalue weighted by molar-refractivity contribution is 6.09. The second-order valence-electron chi connectivity index (χ2n) is 3.18. The number of ether oxygens (including phenoxy) is 1. The smallest absolute Gasteiger partial charge is 0.191 e. The third-order valence-electron chi connectivity index (χ3n) is 2.03. The summed E-state index contributed by atoms with van der Waals surface area (Å²) in [4.78, 5) is 11.8. The summed E-state index contributed by atoms with van der Waals surface area (Å²) in [5.74, 6) is -0.0371. The van der Waals surface area contributed by atoms with Gasteiger partial charge in [-0.15, -0.1) is 0 Å². The molecular formula is C12H14O2. The lowest BCUT2D eigenvalue weighted by Crippen LogP contribution is -2.08. The SMILES string of the molecule is C=C(COC)C(=O)c1ccccc1C. The Morgan fingerprint density at radius 1 is 1.43 bits per heavy atom. The lowest BCUT2D eigenvalue weighted by atomic mass is 10.0. The number of hydrogen-bond acceptors (Lipinski definition) is 2. The molecule has 0 aromatic heterocycles. The Bertz CT molecular complexity index is 353. The third-order valence-corrected chi connectivity index (χ3v) is 2.03. The number of benzene rings is 1. The van der Waals surface area contributed by atoms with E-state index in [2.05, 4.69) is 6.58 Å². The molecule has 0 aliphatic heterocycles. The zero-order valence-corrected chi connectivity index (χ0v) is 8.54. The number of aryl methyl sites for hydroxylation is 1. The van der Waals surface area contributed by atoms with E-state index in [9.17, 15) is 4.79 Å². The van der Waals surface area contributed by atoms with E-state index in [4.69, 9.17) is 4.74 Å². The van der Waals surface area contributed by atoms with Crippen molar-refractivity contribution in [3.05, 3.63) is 47.5 Å². The lowest BCUT2D eigenvalue weighted by Gasteiger charge is -2.06. The molecule has 0 aliphatic rings. The predicted octanol–water partition coefficient (Wildman–Crippen LogP) is 2.38. The van der Waals surface area contributed by atoms with Crippen molar-refractivity contribution in [2.75, 3.05) is 13.7 Å². The van der Waals surface area contributed by atoms with Gasteiger partial charge in [0.05, 0.1) is 6.61 Å². The molecule has 0 N–H and O–H groups in total. The van der Waals surface area contributed by atoms with E-state index < -0.39 is 0 Å². The van der Waals surface area contributed by atoms with Gasteiger partial charge in [-0.3, -0.25) is 4.79 Å². The molecule has 0 amide bonds. The van der Waals surface area contributed by atoms with E-state index >= 15 is 0 Å². The highest BCUT2D eigenvalue weighted by Gasteiger charge is 2.11. The van der Waals surface area contributed by atoms with Gasteiger partial charge < -0.3 is 4.74 Å². The number of methoxy groups -OCH3 is 1. The second-order valence-corrected chi connectivity index (χ2v) is 3.18. The fourth-order valence-electron chi connectivity index (χ4n) is 1.26. The molecule has 0 fully saturated rings. The molecule has 1 aromatic rings. The van der Waals surface area contributed by atoms with Crippen LogP contribution in [0.2, 0.25) is 0 Å². The summed E-state index contributed by atoms with van der Waals surface area (Å²) >= 11 is 0. The van der Waals surface area contributed by atoms with Gasteiger partial charge in [0, 0.05) is 18.2 Å². The summed E-state index contributed by atoms with van der Waals surface area (Å²) in [6.07, 6.45) is 0. The van der Waals surface area contributed by atoms with Crippen molar-refractivity contribution in [1.29, 1.82) is 0 Å². The molecule has 0 saturated heterocycles. The van der Waals surface area contributed by atoms with Crippen molar-refractivity contribution in [2.45, 2.75) is 6.92 Å². The van der Waals surface area contributed by atoms with Crippen LogP contribution >= 0.6 is 0 Å². The van der Waals surface area contributed by atoms with Gasteiger partial charge in [0.25, 0.3) is 0 Å². The van der Waals surface area contributed by atoms with Gasteiger partial charge in [-0.2, -0.15) is 0 Å². The van der Waals surface area contributed by atoms with Crippen LogP contribution in [0.15, 0.2) is 36.4 Å². The van der Waals surface area contributed by atoms with Crippen LogP contribution in [-0.4, -0.2) is 19.5 Å². The van der Waals surface area contributed by atoms with E-state index in [0.717, 1.165) is 5.56 Å². The van der Waals surface area contributed by atoms with Crippen LogP contribution in [0.25, 0.3) is 0 Å². The minimum atomic E-state index is -0.0371. The van der Waals surface area contributed by atoms with Crippen LogP contribution in [0.4, 0.5) is 0 Å². The van der Waals surface area contributed by atoms with E-state index in [1.165, 1.54) is 0 Å². The molecule has 74 valence electrons. The normalized spacial score (nSPS) is 9.86. The number of ketones is 1. The first-order valence-electron chi connectivity index (χ1n) is 4.44. The Labute approximate surface area is 84.2 Å². The number of Topliss-reactive ketones (excluding diaryl/α,β-unsaturated/α-hetero) is 1. The quantitative estimate of drug-likeness (QED) is 0.538. The van der Waals surface area contributed by atoms with Crippen molar-refractivity contribution in [3.63, 3.8) is 0 Å². The largest absolute Gasteiger partial charge is 0.380 e. The number of hydrogen-bond donors (Lipinski definition) is 0. The Hall–Kier alpha value is -1.41. The summed E-state index contributed by atoms with van der Waals surface area (Å²) in [7, 11) is 1.55. The summed E-state index contributed by atoms with van der Waals surface area (Å²) in [6, 6.07) is 7.47. The molecule has 2 nitrogen and oxygen atoms in total. The van der Waals surface area contributed by atoms with Crippen molar-refractivity contribution in [3.8, 4) is 0 Å². The molecule has 0 aliphatic carbocycles. The standard InChI is InChI=1S/C12H14O2/c1-9-6-4-5-7-11(9)12(13)10(2)8-14-3/h4-7H,2,8H2,1,3H3. The van der Waals surface area contributed by atoms with Gasteiger partial charge in [-0.1, -0.05) is 30.8 Å². The Kier molecular flexibility index (Phi) is 3.60. The molecule has 0 unspecified atom stereocenters. The molecule has 0 spiro atoms. The summed E-state index contributed by atoms with van der Waals surface area (Å²) in [5.41, 5.74) is 2.16. The molecule has 2 heteroatoms. The van der Waals surface area contributed by atoms with E-state index in [-0.39, 0.29) is 12.4 Å². The molecule has 0 bridgehead atoms. The molecule has 0 atom stereocenters. The van der Waals surface area contributed by atoms with E-state index in [1.54, 1.807) is 13.2 Å². The van der Waals surface area contributed by atoms with Crippen molar-refractivity contribution >= 4 is 5.78 Å². The van der Waals surface area contributed by atoms with Gasteiger partial charge in [-0.05, 0) is 12.5 Å². The van der Waals surface area contributed by atoms with Crippen molar-refractivity contribution < 1.29 is 9.53 Å². The van der Waals surface area contributed by atoms with Gasteiger partial charge >= 0.3 is 0 Å². The molecule has 1 rings (SSSR count). The summed E-state index contributed by atoms with van der Waals surface area (Å²) in [5, 5.41) is 0. The minimum absolute atomic E-state index is 0.0371. The number of rotatable bonds is 4. The van der Waals surface area contributed by atoms with Crippen LogP contribution < -0.4 is 0 Å².